The smallest absolute Gasteiger partial charge is 0.125 e. The fourth-order valence-electron chi connectivity index (χ4n) is 1.24. The van der Waals surface area contributed by atoms with Gasteiger partial charge in [-0.15, -0.1) is 0 Å². The standard InChI is InChI=1S/C13H18N2/c1-2-3-4-8-11-15-13(14)12-9-6-5-7-10-12/h3-7,9-10H,2,8,11H2,1H3,(H2,14,15)/b4-3-. The highest BCUT2D eigenvalue weighted by molar-refractivity contribution is 5.97. The Morgan fingerprint density at radius 2 is 2.00 bits per heavy atom. The van der Waals surface area contributed by atoms with E-state index in [1.165, 1.54) is 0 Å². The number of nitrogens with zero attached hydrogens (tertiary/aromatic N) is 1. The topological polar surface area (TPSA) is 38.4 Å². The molecular formula is C13H18N2. The quantitative estimate of drug-likeness (QED) is 0.339. The Morgan fingerprint density at radius 3 is 2.67 bits per heavy atom. The summed E-state index contributed by atoms with van der Waals surface area (Å²) in [6, 6.07) is 9.85. The molecule has 1 rings (SSSR count). The van der Waals surface area contributed by atoms with Crippen molar-refractivity contribution in [2.45, 2.75) is 19.8 Å². The van der Waals surface area contributed by atoms with Crippen LogP contribution in [0.25, 0.3) is 0 Å². The van der Waals surface area contributed by atoms with E-state index in [4.69, 9.17) is 5.73 Å². The van der Waals surface area contributed by atoms with Gasteiger partial charge in [0.2, 0.25) is 0 Å². The van der Waals surface area contributed by atoms with Crippen molar-refractivity contribution in [1.82, 2.24) is 0 Å². The van der Waals surface area contributed by atoms with Crippen molar-refractivity contribution in [3.8, 4) is 0 Å². The van der Waals surface area contributed by atoms with E-state index in [-0.39, 0.29) is 0 Å². The Morgan fingerprint density at radius 1 is 1.27 bits per heavy atom. The maximum absolute atomic E-state index is 5.84. The van der Waals surface area contributed by atoms with Crippen LogP contribution in [0.2, 0.25) is 0 Å². The first kappa shape index (κ1) is 11.5. The highest BCUT2D eigenvalue weighted by atomic mass is 14.8. The van der Waals surface area contributed by atoms with Gasteiger partial charge in [-0.05, 0) is 12.8 Å². The lowest BCUT2D eigenvalue weighted by Gasteiger charge is -1.99. The van der Waals surface area contributed by atoms with Gasteiger partial charge in [-0.1, -0.05) is 49.4 Å². The largest absolute Gasteiger partial charge is 0.384 e. The summed E-state index contributed by atoms with van der Waals surface area (Å²) in [7, 11) is 0. The summed E-state index contributed by atoms with van der Waals surface area (Å²) < 4.78 is 0. The molecule has 0 saturated carbocycles. The first-order valence-corrected chi connectivity index (χ1v) is 5.35. The monoisotopic (exact) mass is 202 g/mol. The molecule has 0 unspecified atom stereocenters. The molecule has 2 N–H and O–H groups in total. The number of amidine groups is 1. The normalized spacial score (nSPS) is 12.2. The van der Waals surface area contributed by atoms with Crippen LogP contribution in [-0.2, 0) is 0 Å². The van der Waals surface area contributed by atoms with E-state index in [0.29, 0.717) is 5.84 Å². The van der Waals surface area contributed by atoms with Crippen molar-refractivity contribution in [2.24, 2.45) is 10.7 Å². The zero-order valence-electron chi connectivity index (χ0n) is 9.19. The van der Waals surface area contributed by atoms with Crippen molar-refractivity contribution >= 4 is 5.84 Å². The Bertz CT molecular complexity index is 326. The Kier molecular flexibility index (Phi) is 5.23. The van der Waals surface area contributed by atoms with Crippen LogP contribution in [0, 0.1) is 0 Å². The van der Waals surface area contributed by atoms with Gasteiger partial charge in [0, 0.05) is 12.1 Å². The Labute approximate surface area is 91.5 Å². The van der Waals surface area contributed by atoms with Gasteiger partial charge in [-0.2, -0.15) is 0 Å². The summed E-state index contributed by atoms with van der Waals surface area (Å²) in [4.78, 5) is 4.31. The number of nitrogens with two attached hydrogens (primary N) is 1. The Balaban J connectivity index is 2.43. The summed E-state index contributed by atoms with van der Waals surface area (Å²) >= 11 is 0. The molecule has 15 heavy (non-hydrogen) atoms. The van der Waals surface area contributed by atoms with Crippen molar-refractivity contribution < 1.29 is 0 Å². The number of allylic oxidation sites excluding steroid dienone is 1. The molecule has 0 aromatic heterocycles. The van der Waals surface area contributed by atoms with Gasteiger partial charge in [0.15, 0.2) is 0 Å². The summed E-state index contributed by atoms with van der Waals surface area (Å²) in [6.07, 6.45) is 6.33. The first-order valence-electron chi connectivity index (χ1n) is 5.35. The second kappa shape index (κ2) is 6.82. The molecule has 0 heterocycles. The van der Waals surface area contributed by atoms with Crippen molar-refractivity contribution in [3.05, 3.63) is 48.0 Å². The number of benzene rings is 1. The zero-order chi connectivity index (χ0) is 10.9. The Hall–Kier alpha value is -1.57. The van der Waals surface area contributed by atoms with Crippen LogP contribution < -0.4 is 5.73 Å². The molecule has 80 valence electrons. The summed E-state index contributed by atoms with van der Waals surface area (Å²) in [6.45, 7) is 2.88. The zero-order valence-corrected chi connectivity index (χ0v) is 9.19. The molecule has 0 aliphatic rings. The molecule has 0 bridgehead atoms. The van der Waals surface area contributed by atoms with Gasteiger partial charge in [-0.25, -0.2) is 0 Å². The molecule has 0 radical (unpaired) electrons. The molecule has 2 heteroatoms. The van der Waals surface area contributed by atoms with Gasteiger partial charge < -0.3 is 5.73 Å². The van der Waals surface area contributed by atoms with Crippen LogP contribution in [0.4, 0.5) is 0 Å². The molecule has 0 saturated heterocycles. The maximum atomic E-state index is 5.84. The minimum Gasteiger partial charge on any atom is -0.384 e. The molecule has 0 amide bonds. The van der Waals surface area contributed by atoms with Crippen LogP contribution in [0.15, 0.2) is 47.5 Å². The predicted molar refractivity (Wildman–Crippen MR) is 66.1 cm³/mol. The summed E-state index contributed by atoms with van der Waals surface area (Å²) in [5, 5.41) is 0. The number of aliphatic imine (C=N–C) groups is 1. The van der Waals surface area contributed by atoms with Crippen LogP contribution in [-0.4, -0.2) is 12.4 Å². The second-order valence-corrected chi connectivity index (χ2v) is 3.30. The fourth-order valence-corrected chi connectivity index (χ4v) is 1.24. The van der Waals surface area contributed by atoms with Crippen LogP contribution in [0.1, 0.15) is 25.3 Å². The molecule has 0 atom stereocenters. The summed E-state index contributed by atoms with van der Waals surface area (Å²) in [5.41, 5.74) is 6.83. The van der Waals surface area contributed by atoms with Gasteiger partial charge in [0.25, 0.3) is 0 Å². The number of rotatable bonds is 5. The summed E-state index contributed by atoms with van der Waals surface area (Å²) in [5.74, 6) is 0.625. The molecule has 1 aromatic carbocycles. The van der Waals surface area contributed by atoms with Crippen molar-refractivity contribution in [3.63, 3.8) is 0 Å². The van der Waals surface area contributed by atoms with E-state index in [1.807, 2.05) is 30.3 Å². The minimum absolute atomic E-state index is 0.625. The van der Waals surface area contributed by atoms with Crippen molar-refractivity contribution in [1.29, 1.82) is 0 Å². The van der Waals surface area contributed by atoms with E-state index in [2.05, 4.69) is 24.1 Å². The molecule has 0 spiro atoms. The van der Waals surface area contributed by atoms with Crippen LogP contribution >= 0.6 is 0 Å². The fraction of sp³-hybridized carbons (Fsp3) is 0.308. The number of hydrogen-bond donors (Lipinski definition) is 1. The van der Waals surface area contributed by atoms with E-state index >= 15 is 0 Å². The lowest BCUT2D eigenvalue weighted by molar-refractivity contribution is 0.994. The number of hydrogen-bond acceptors (Lipinski definition) is 1. The molecular weight excluding hydrogens is 184 g/mol. The molecule has 0 aliphatic heterocycles. The predicted octanol–water partition coefficient (Wildman–Crippen LogP) is 2.75. The molecule has 0 fully saturated rings. The van der Waals surface area contributed by atoms with Gasteiger partial charge in [0.05, 0.1) is 0 Å². The van der Waals surface area contributed by atoms with E-state index < -0.39 is 0 Å². The third kappa shape index (κ3) is 4.45. The molecule has 1 aromatic rings. The van der Waals surface area contributed by atoms with Crippen LogP contribution in [0.5, 0.6) is 0 Å². The van der Waals surface area contributed by atoms with E-state index in [0.717, 1.165) is 24.9 Å². The SMILES string of the molecule is CC/C=C\CC/N=C(\N)c1ccccc1. The lowest BCUT2D eigenvalue weighted by Crippen LogP contribution is -2.13. The average molecular weight is 202 g/mol. The minimum atomic E-state index is 0.625. The second-order valence-electron chi connectivity index (χ2n) is 3.30. The highest BCUT2D eigenvalue weighted by Crippen LogP contribution is 1.98. The van der Waals surface area contributed by atoms with Gasteiger partial charge >= 0.3 is 0 Å². The van der Waals surface area contributed by atoms with E-state index in [9.17, 15) is 0 Å². The first-order chi connectivity index (χ1) is 7.34. The highest BCUT2D eigenvalue weighted by Gasteiger charge is 1.94. The third-order valence-corrected chi connectivity index (χ3v) is 2.05. The van der Waals surface area contributed by atoms with Gasteiger partial charge in [-0.3, -0.25) is 4.99 Å². The molecule has 2 nitrogen and oxygen atoms in total. The van der Waals surface area contributed by atoms with Crippen LogP contribution in [0.3, 0.4) is 0 Å². The third-order valence-electron chi connectivity index (χ3n) is 2.05. The van der Waals surface area contributed by atoms with Crippen molar-refractivity contribution in [2.75, 3.05) is 6.54 Å². The molecule has 0 aliphatic carbocycles. The lowest BCUT2D eigenvalue weighted by atomic mass is 10.2. The average Bonchev–Trinajstić information content (AvgIpc) is 2.30. The van der Waals surface area contributed by atoms with Gasteiger partial charge in [0.1, 0.15) is 5.84 Å². The maximum Gasteiger partial charge on any atom is 0.125 e. The van der Waals surface area contributed by atoms with E-state index in [1.54, 1.807) is 0 Å².